The quantitative estimate of drug-likeness (QED) is 0.778. The number of aryl methyl sites for hydroxylation is 2. The Labute approximate surface area is 105 Å². The van der Waals surface area contributed by atoms with Crippen molar-refractivity contribution in [3.8, 4) is 0 Å². The van der Waals surface area contributed by atoms with E-state index >= 15 is 0 Å². The van der Waals surface area contributed by atoms with Gasteiger partial charge in [0.25, 0.3) is 5.91 Å². The summed E-state index contributed by atoms with van der Waals surface area (Å²) in [6.45, 7) is 5.38. The summed E-state index contributed by atoms with van der Waals surface area (Å²) in [6, 6.07) is 1.84. The van der Waals surface area contributed by atoms with Gasteiger partial charge in [-0.15, -0.1) is 0 Å². The highest BCUT2D eigenvalue weighted by molar-refractivity contribution is 9.09. The normalized spacial score (nSPS) is 10.5. The fraction of sp³-hybridized carbons (Fsp3) is 0.636. The lowest BCUT2D eigenvalue weighted by molar-refractivity contribution is 0.0783. The molecule has 0 aliphatic rings. The van der Waals surface area contributed by atoms with Crippen LogP contribution in [0, 0.1) is 6.92 Å². The number of halogens is 1. The van der Waals surface area contributed by atoms with Gasteiger partial charge in [0.05, 0.1) is 5.69 Å². The second-order valence-electron chi connectivity index (χ2n) is 3.76. The zero-order valence-corrected chi connectivity index (χ0v) is 11.6. The number of hydrogen-bond donors (Lipinski definition) is 0. The van der Waals surface area contributed by atoms with Crippen LogP contribution < -0.4 is 0 Å². The Hall–Kier alpha value is -0.840. The first-order valence-corrected chi connectivity index (χ1v) is 6.58. The number of rotatable bonds is 5. The summed E-state index contributed by atoms with van der Waals surface area (Å²) in [7, 11) is 1.83. The van der Waals surface area contributed by atoms with E-state index in [2.05, 4.69) is 21.0 Å². The molecule has 4 nitrogen and oxygen atoms in total. The van der Waals surface area contributed by atoms with Gasteiger partial charge < -0.3 is 4.90 Å². The molecule has 0 aliphatic carbocycles. The Bertz CT molecular complexity index is 362. The van der Waals surface area contributed by atoms with Crippen LogP contribution in [-0.2, 0) is 6.54 Å². The average molecular weight is 288 g/mol. The highest BCUT2D eigenvalue weighted by Crippen LogP contribution is 2.07. The molecule has 16 heavy (non-hydrogen) atoms. The molecule has 5 heteroatoms. The smallest absolute Gasteiger partial charge is 0.271 e. The molecule has 0 N–H and O–H groups in total. The molecule has 0 aromatic carbocycles. The number of nitrogens with zero attached hydrogens (tertiary/aromatic N) is 3. The molecule has 0 spiro atoms. The predicted molar refractivity (Wildman–Crippen MR) is 68.0 cm³/mol. The van der Waals surface area contributed by atoms with Crippen molar-refractivity contribution in [3.05, 3.63) is 17.5 Å². The lowest BCUT2D eigenvalue weighted by Gasteiger charge is -2.16. The van der Waals surface area contributed by atoms with Crippen molar-refractivity contribution < 1.29 is 4.79 Å². The van der Waals surface area contributed by atoms with Crippen LogP contribution in [0.4, 0.5) is 0 Å². The zero-order valence-electron chi connectivity index (χ0n) is 10.0. The summed E-state index contributed by atoms with van der Waals surface area (Å²) < 4.78 is 1.75. The van der Waals surface area contributed by atoms with Gasteiger partial charge in [0.1, 0.15) is 5.69 Å². The maximum atomic E-state index is 12.1. The van der Waals surface area contributed by atoms with Gasteiger partial charge in [-0.1, -0.05) is 15.9 Å². The van der Waals surface area contributed by atoms with Crippen molar-refractivity contribution >= 4 is 21.8 Å². The number of carbonyl (C=O) groups is 1. The van der Waals surface area contributed by atoms with Crippen LogP contribution in [-0.4, -0.2) is 39.5 Å². The Morgan fingerprint density at radius 1 is 1.62 bits per heavy atom. The molecule has 1 amide bonds. The van der Waals surface area contributed by atoms with E-state index in [1.54, 1.807) is 9.58 Å². The molecule has 0 unspecified atom stereocenters. The highest BCUT2D eigenvalue weighted by atomic mass is 79.9. The van der Waals surface area contributed by atoms with E-state index in [1.807, 2.05) is 27.0 Å². The molecule has 0 saturated carbocycles. The van der Waals surface area contributed by atoms with Crippen molar-refractivity contribution in [1.29, 1.82) is 0 Å². The van der Waals surface area contributed by atoms with E-state index < -0.39 is 0 Å². The standard InChI is InChI=1S/C11H18BrN3O/c1-4-15-10(8-9(2)13-15)11(16)14(3)7-5-6-12/h8H,4-7H2,1-3H3. The molecule has 1 rings (SSSR count). The lowest BCUT2D eigenvalue weighted by Crippen LogP contribution is -2.30. The highest BCUT2D eigenvalue weighted by Gasteiger charge is 2.16. The van der Waals surface area contributed by atoms with Crippen molar-refractivity contribution in [2.45, 2.75) is 26.8 Å². The van der Waals surface area contributed by atoms with Gasteiger partial charge in [-0.3, -0.25) is 9.48 Å². The summed E-state index contributed by atoms with van der Waals surface area (Å²) in [5.41, 5.74) is 1.57. The van der Waals surface area contributed by atoms with Gasteiger partial charge >= 0.3 is 0 Å². The first kappa shape index (κ1) is 13.2. The average Bonchev–Trinajstić information content (AvgIpc) is 2.66. The monoisotopic (exact) mass is 287 g/mol. The van der Waals surface area contributed by atoms with Gasteiger partial charge in [0.2, 0.25) is 0 Å². The summed E-state index contributed by atoms with van der Waals surface area (Å²) in [4.78, 5) is 13.8. The van der Waals surface area contributed by atoms with Crippen LogP contribution >= 0.6 is 15.9 Å². The number of alkyl halides is 1. The predicted octanol–water partition coefficient (Wildman–Crippen LogP) is 2.07. The molecule has 0 saturated heterocycles. The fourth-order valence-electron chi connectivity index (χ4n) is 1.55. The Morgan fingerprint density at radius 3 is 2.88 bits per heavy atom. The Morgan fingerprint density at radius 2 is 2.31 bits per heavy atom. The van der Waals surface area contributed by atoms with E-state index in [9.17, 15) is 4.79 Å². The van der Waals surface area contributed by atoms with Crippen LogP contribution in [0.5, 0.6) is 0 Å². The third-order valence-corrected chi connectivity index (χ3v) is 2.96. The molecule has 1 heterocycles. The van der Waals surface area contributed by atoms with Crippen LogP contribution in [0.25, 0.3) is 0 Å². The van der Waals surface area contributed by atoms with Gasteiger partial charge in [-0.2, -0.15) is 5.10 Å². The molecule has 0 fully saturated rings. The van der Waals surface area contributed by atoms with E-state index in [0.29, 0.717) is 5.69 Å². The maximum Gasteiger partial charge on any atom is 0.271 e. The lowest BCUT2D eigenvalue weighted by atomic mass is 10.3. The third kappa shape index (κ3) is 3.07. The van der Waals surface area contributed by atoms with E-state index in [4.69, 9.17) is 0 Å². The molecule has 90 valence electrons. The molecular formula is C11H18BrN3O. The number of amides is 1. The topological polar surface area (TPSA) is 38.1 Å². The molecule has 0 bridgehead atoms. The minimum atomic E-state index is 0.0448. The second-order valence-corrected chi connectivity index (χ2v) is 4.55. The largest absolute Gasteiger partial charge is 0.340 e. The second kappa shape index (κ2) is 6.03. The van der Waals surface area contributed by atoms with E-state index in [-0.39, 0.29) is 5.91 Å². The summed E-state index contributed by atoms with van der Waals surface area (Å²) in [6.07, 6.45) is 0.960. The number of carbonyl (C=O) groups excluding carboxylic acids is 1. The Kier molecular flexibility index (Phi) is 4.99. The van der Waals surface area contributed by atoms with Crippen LogP contribution in [0.1, 0.15) is 29.5 Å². The van der Waals surface area contributed by atoms with Gasteiger partial charge in [0, 0.05) is 25.5 Å². The van der Waals surface area contributed by atoms with Gasteiger partial charge in [0.15, 0.2) is 0 Å². The molecule has 1 aromatic rings. The molecule has 0 aliphatic heterocycles. The van der Waals surface area contributed by atoms with Crippen molar-refractivity contribution in [2.75, 3.05) is 18.9 Å². The Balaban J connectivity index is 2.78. The first-order valence-electron chi connectivity index (χ1n) is 5.46. The summed E-state index contributed by atoms with van der Waals surface area (Å²) in [5.74, 6) is 0.0448. The van der Waals surface area contributed by atoms with Crippen LogP contribution in [0.15, 0.2) is 6.07 Å². The molecule has 0 radical (unpaired) electrons. The fourth-order valence-corrected chi connectivity index (χ4v) is 1.80. The number of aromatic nitrogens is 2. The van der Waals surface area contributed by atoms with Crippen LogP contribution in [0.3, 0.4) is 0 Å². The first-order chi connectivity index (χ1) is 7.60. The third-order valence-electron chi connectivity index (χ3n) is 2.39. The summed E-state index contributed by atoms with van der Waals surface area (Å²) >= 11 is 3.36. The van der Waals surface area contributed by atoms with Crippen molar-refractivity contribution in [3.63, 3.8) is 0 Å². The van der Waals surface area contributed by atoms with Gasteiger partial charge in [-0.05, 0) is 26.3 Å². The number of hydrogen-bond acceptors (Lipinski definition) is 2. The molecule has 0 atom stereocenters. The molecule has 1 aromatic heterocycles. The molecular weight excluding hydrogens is 270 g/mol. The minimum Gasteiger partial charge on any atom is -0.340 e. The SMILES string of the molecule is CCn1nc(C)cc1C(=O)N(C)CCCBr. The van der Waals surface area contributed by atoms with Crippen molar-refractivity contribution in [1.82, 2.24) is 14.7 Å². The van der Waals surface area contributed by atoms with E-state index in [1.165, 1.54) is 0 Å². The zero-order chi connectivity index (χ0) is 12.1. The maximum absolute atomic E-state index is 12.1. The van der Waals surface area contributed by atoms with Crippen molar-refractivity contribution in [2.24, 2.45) is 0 Å². The van der Waals surface area contributed by atoms with Crippen LogP contribution in [0.2, 0.25) is 0 Å². The van der Waals surface area contributed by atoms with Gasteiger partial charge in [-0.25, -0.2) is 0 Å². The summed E-state index contributed by atoms with van der Waals surface area (Å²) in [5, 5.41) is 5.19. The minimum absolute atomic E-state index is 0.0448. The van der Waals surface area contributed by atoms with E-state index in [0.717, 1.165) is 30.5 Å².